The van der Waals surface area contributed by atoms with Crippen LogP contribution in [0.2, 0.25) is 15.1 Å². The van der Waals surface area contributed by atoms with Gasteiger partial charge in [0.15, 0.2) is 0 Å². The first kappa shape index (κ1) is 37.4. The van der Waals surface area contributed by atoms with Gasteiger partial charge in [-0.1, -0.05) is 113 Å². The Morgan fingerprint density at radius 1 is 0.791 bits per heavy atom. The molecule has 3 aliphatic rings. The molecule has 6 radical (unpaired) electrons. The van der Waals surface area contributed by atoms with Gasteiger partial charge in [0.25, 0.3) is 0 Å². The Morgan fingerprint density at radius 3 is 1.47 bits per heavy atom. The number of hydrogen-bond acceptors (Lipinski definition) is 6. The van der Waals surface area contributed by atoms with Crippen molar-refractivity contribution in [2.45, 2.75) is 173 Å². The van der Waals surface area contributed by atoms with Gasteiger partial charge in [-0.3, -0.25) is 0 Å². The van der Waals surface area contributed by atoms with Gasteiger partial charge in [-0.05, 0) is 72.4 Å². The third kappa shape index (κ3) is 9.71. The van der Waals surface area contributed by atoms with Crippen LogP contribution in [0.4, 0.5) is 0 Å². The fraction of sp³-hybridized carbons (Fsp3) is 0.909. The van der Waals surface area contributed by atoms with Gasteiger partial charge < -0.3 is 21.8 Å². The smallest absolute Gasteiger partial charge is 0.433 e. The third-order valence-electron chi connectivity index (χ3n) is 11.0. The molecule has 244 valence electrons. The lowest BCUT2D eigenvalue weighted by Crippen LogP contribution is -2.62. The maximum Gasteiger partial charge on any atom is 0.499 e. The minimum Gasteiger partial charge on any atom is -0.433 e. The fourth-order valence-corrected chi connectivity index (χ4v) is 17.2. The Hall–Kier alpha value is -0.0825. The number of ether oxygens (including phenoxy) is 2. The fourth-order valence-electron chi connectivity index (χ4n) is 6.74. The highest BCUT2D eigenvalue weighted by Gasteiger charge is 2.55. The van der Waals surface area contributed by atoms with E-state index in [9.17, 15) is 4.79 Å². The lowest BCUT2D eigenvalue weighted by molar-refractivity contribution is -0.177. The number of rotatable bonds is 15. The van der Waals surface area contributed by atoms with Crippen molar-refractivity contribution in [3.8, 4) is 0 Å². The normalized spacial score (nSPS) is 36.3. The van der Waals surface area contributed by atoms with Crippen LogP contribution in [0.15, 0.2) is 12.2 Å². The Morgan fingerprint density at radius 2 is 1.16 bits per heavy atom. The van der Waals surface area contributed by atoms with Crippen molar-refractivity contribution in [1.29, 1.82) is 0 Å². The van der Waals surface area contributed by atoms with E-state index in [1.807, 2.05) is 0 Å². The highest BCUT2D eigenvalue weighted by atomic mass is 28.5. The Balaban J connectivity index is 1.98. The molecule has 10 heteroatoms. The van der Waals surface area contributed by atoms with E-state index in [1.54, 1.807) is 13.8 Å². The highest BCUT2D eigenvalue weighted by Crippen LogP contribution is 2.50. The summed E-state index contributed by atoms with van der Waals surface area (Å²) < 4.78 is 34.0. The van der Waals surface area contributed by atoms with Crippen LogP contribution in [0, 0.1) is 17.8 Å². The molecule has 0 amide bonds. The molecule has 8 unspecified atom stereocenters. The van der Waals surface area contributed by atoms with Crippen molar-refractivity contribution < 1.29 is 26.6 Å². The molecule has 0 N–H and O–H groups in total. The van der Waals surface area contributed by atoms with Crippen LogP contribution in [0.3, 0.4) is 0 Å². The van der Waals surface area contributed by atoms with Crippen LogP contribution in [-0.2, 0) is 26.6 Å². The summed E-state index contributed by atoms with van der Waals surface area (Å²) in [5.74, 6) is 1.30. The molecule has 43 heavy (non-hydrogen) atoms. The molecule has 8 atom stereocenters. The molecule has 3 aliphatic carbocycles. The van der Waals surface area contributed by atoms with Crippen LogP contribution in [0.5, 0.6) is 0 Å². The topological polar surface area (TPSA) is 63.2 Å². The maximum absolute atomic E-state index is 12.4. The molecule has 0 heterocycles. The minimum absolute atomic E-state index is 0.0931. The lowest BCUT2D eigenvalue weighted by atomic mass is 9.81. The van der Waals surface area contributed by atoms with Gasteiger partial charge in [-0.15, -0.1) is 0 Å². The van der Waals surface area contributed by atoms with E-state index in [2.05, 4.69) is 55.0 Å². The average molecular weight is 665 g/mol. The second-order valence-electron chi connectivity index (χ2n) is 14.7. The highest BCUT2D eigenvalue weighted by molar-refractivity contribution is 6.75. The predicted molar refractivity (Wildman–Crippen MR) is 180 cm³/mol. The Kier molecular flexibility index (Phi) is 14.0. The molecule has 6 nitrogen and oxygen atoms in total. The molecule has 0 aromatic carbocycles. The zero-order valence-corrected chi connectivity index (χ0v) is 32.7. The van der Waals surface area contributed by atoms with Crippen molar-refractivity contribution in [3.63, 3.8) is 0 Å². The summed E-state index contributed by atoms with van der Waals surface area (Å²) in [6, 6.07) is 0. The van der Waals surface area contributed by atoms with Crippen LogP contribution in [0.25, 0.3) is 0 Å². The van der Waals surface area contributed by atoms with E-state index < -0.39 is 26.8 Å². The minimum atomic E-state index is -3.45. The van der Waals surface area contributed by atoms with Crippen LogP contribution in [-0.4, -0.2) is 56.1 Å². The van der Waals surface area contributed by atoms with Gasteiger partial charge in [0.2, 0.25) is 35.6 Å². The van der Waals surface area contributed by atoms with E-state index >= 15 is 0 Å². The van der Waals surface area contributed by atoms with E-state index in [0.717, 1.165) is 19.3 Å². The van der Waals surface area contributed by atoms with Crippen molar-refractivity contribution in [1.82, 2.24) is 0 Å². The molecule has 0 bridgehead atoms. The molecule has 0 saturated heterocycles. The SMILES string of the molecule is C=C(C)C(=O)OC(C)OC(CC)[Si](O[Si]C1(C)CCCCC1C)(O[Si]C1(C)CCCCC1C)O[Si]C1(C)CCCCC1C. The summed E-state index contributed by atoms with van der Waals surface area (Å²) >= 11 is 0. The molecular weight excluding hydrogens is 605 g/mol. The van der Waals surface area contributed by atoms with Gasteiger partial charge in [0.05, 0.1) is 0 Å². The zero-order valence-electron chi connectivity index (χ0n) is 28.7. The molecule has 0 aromatic heterocycles. The summed E-state index contributed by atoms with van der Waals surface area (Å²) in [4.78, 5) is 12.4. The molecule has 0 aliphatic heterocycles. The first-order chi connectivity index (χ1) is 20.2. The Bertz CT molecular complexity index is 843. The standard InChI is InChI=1S/C33H60O6Si4/c1-11-29(35-28(7)36-30(34)24(2)3)43(37-40-31(8)21-15-12-18-25(31)4,38-41-32(9)22-16-13-19-26(32)5)39-42-33(10)23-17-14-20-27(33)6/h25-29H,2,11-23H2,1,3-10H3. The van der Waals surface area contributed by atoms with Gasteiger partial charge in [-0.2, -0.15) is 0 Å². The van der Waals surface area contributed by atoms with Gasteiger partial charge >= 0.3 is 14.8 Å². The number of carbonyl (C=O) groups excluding carboxylic acids is 1. The summed E-state index contributed by atoms with van der Waals surface area (Å²) in [5, 5.41) is 0.279. The zero-order chi connectivity index (χ0) is 31.9. The number of hydrogen-bond donors (Lipinski definition) is 0. The van der Waals surface area contributed by atoms with Crippen LogP contribution in [0.1, 0.15) is 146 Å². The lowest BCUT2D eigenvalue weighted by Gasteiger charge is -2.46. The van der Waals surface area contributed by atoms with Gasteiger partial charge in [0, 0.05) is 5.57 Å². The van der Waals surface area contributed by atoms with Crippen LogP contribution >= 0.6 is 0 Å². The van der Waals surface area contributed by atoms with Crippen molar-refractivity contribution in [2.75, 3.05) is 0 Å². The number of carbonyl (C=O) groups is 1. The molecule has 3 saturated carbocycles. The van der Waals surface area contributed by atoms with Crippen LogP contribution < -0.4 is 0 Å². The average Bonchev–Trinajstić information content (AvgIpc) is 2.97. The van der Waals surface area contributed by atoms with Gasteiger partial charge in [0.1, 0.15) is 5.73 Å². The third-order valence-corrected chi connectivity index (χ3v) is 20.6. The van der Waals surface area contributed by atoms with E-state index in [4.69, 9.17) is 21.8 Å². The molecule has 0 aromatic rings. The van der Waals surface area contributed by atoms with Crippen molar-refractivity contribution in [2.24, 2.45) is 17.8 Å². The number of esters is 1. The van der Waals surface area contributed by atoms with Crippen molar-refractivity contribution >= 4 is 44.1 Å². The van der Waals surface area contributed by atoms with Crippen molar-refractivity contribution in [3.05, 3.63) is 12.2 Å². The molecule has 0 spiro atoms. The predicted octanol–water partition coefficient (Wildman–Crippen LogP) is 8.80. The summed E-state index contributed by atoms with van der Waals surface area (Å²) in [7, 11) is -2.62. The Labute approximate surface area is 272 Å². The summed E-state index contributed by atoms with van der Waals surface area (Å²) in [6.07, 6.45) is 14.7. The summed E-state index contributed by atoms with van der Waals surface area (Å²) in [5.41, 5.74) is -0.0711. The monoisotopic (exact) mass is 664 g/mol. The van der Waals surface area contributed by atoms with Gasteiger partial charge in [-0.25, -0.2) is 4.79 Å². The second kappa shape index (κ2) is 16.2. The summed E-state index contributed by atoms with van der Waals surface area (Å²) in [6.45, 7) is 23.6. The van der Waals surface area contributed by atoms with E-state index in [1.165, 1.54) is 57.8 Å². The molecule has 3 rings (SSSR count). The van der Waals surface area contributed by atoms with E-state index in [-0.39, 0.29) is 44.4 Å². The first-order valence-electron chi connectivity index (χ1n) is 17.1. The molecular formula is C33H60O6Si4. The maximum atomic E-state index is 12.4. The second-order valence-corrected chi connectivity index (χ2v) is 23.0. The van der Waals surface area contributed by atoms with E-state index in [0.29, 0.717) is 29.7 Å². The molecule has 3 fully saturated rings. The quantitative estimate of drug-likeness (QED) is 0.0755. The first-order valence-corrected chi connectivity index (χ1v) is 21.6. The largest absolute Gasteiger partial charge is 0.499 e.